The van der Waals surface area contributed by atoms with Gasteiger partial charge in [0.25, 0.3) is 0 Å². The number of likely N-dealkylation sites (N-methyl/N-ethyl adjacent to an activating group) is 1. The Balaban J connectivity index is 0.937. The summed E-state index contributed by atoms with van der Waals surface area (Å²) >= 11 is 0. The first-order valence-corrected chi connectivity index (χ1v) is 20.9. The van der Waals surface area contributed by atoms with E-state index in [0.29, 0.717) is 18.9 Å². The van der Waals surface area contributed by atoms with E-state index in [1.807, 2.05) is 0 Å². The molecular weight excluding hydrogens is 926 g/mol. The smallest absolute Gasteiger partial charge is 0.298 e. The van der Waals surface area contributed by atoms with Gasteiger partial charge in [-0.15, -0.1) is 0 Å². The molecule has 4 aliphatic rings. The third kappa shape index (κ3) is 3.87. The van der Waals surface area contributed by atoms with Crippen LogP contribution in [0.3, 0.4) is 0 Å². The zero-order chi connectivity index (χ0) is 47.4. The Morgan fingerprint density at radius 3 is 1.34 bits per heavy atom. The normalized spacial score (nSPS) is 20.9. The molecule has 3 aliphatic carbocycles. The maximum absolute atomic E-state index is 16.0. The Hall–Kier alpha value is -5.65. The van der Waals surface area contributed by atoms with Crippen LogP contribution in [0, 0.1) is 0 Å². The zero-order valence-electron chi connectivity index (χ0n) is 33.5. The molecule has 1 fully saturated rings. The summed E-state index contributed by atoms with van der Waals surface area (Å²) in [6.07, 6.45) is -6.67. The van der Waals surface area contributed by atoms with Crippen molar-refractivity contribution in [1.82, 2.24) is 4.90 Å². The molecule has 67 heavy (non-hydrogen) atoms. The van der Waals surface area contributed by atoms with Crippen LogP contribution in [0.5, 0.6) is 0 Å². The predicted octanol–water partition coefficient (Wildman–Crippen LogP) is 15.2. The summed E-state index contributed by atoms with van der Waals surface area (Å²) in [7, 11) is 1.60. The number of nitrogens with zero attached hydrogens (tertiary/aromatic N) is 1. The lowest BCUT2D eigenvalue weighted by Crippen LogP contribution is -2.74. The fourth-order valence-corrected chi connectivity index (χ4v) is 13.4. The number of hydrogen-bond donors (Lipinski definition) is 0. The molecule has 1 saturated heterocycles. The summed E-state index contributed by atoms with van der Waals surface area (Å²) in [5.41, 5.74) is 3.63. The molecule has 3 unspecified atom stereocenters. The fraction of sp³-hybridized carbons (Fsp3) is 0.306. The van der Waals surface area contributed by atoms with Gasteiger partial charge < -0.3 is 0 Å². The average Bonchev–Trinajstić information content (AvgIpc) is 4.06. The average molecular weight is 948 g/mol. The van der Waals surface area contributed by atoms with Crippen molar-refractivity contribution in [1.29, 1.82) is 0 Å². The van der Waals surface area contributed by atoms with Crippen molar-refractivity contribution in [2.24, 2.45) is 0 Å². The number of fused-ring (bicyclic) bond motifs is 3. The third-order valence-electron chi connectivity index (χ3n) is 16.0. The van der Waals surface area contributed by atoms with Crippen molar-refractivity contribution in [3.63, 3.8) is 0 Å². The molecule has 1 nitrogen and oxygen atoms in total. The van der Waals surface area contributed by atoms with E-state index in [4.69, 9.17) is 0 Å². The van der Waals surface area contributed by atoms with Gasteiger partial charge in [0.1, 0.15) is 0 Å². The minimum absolute atomic E-state index is 0.0653. The second-order valence-electron chi connectivity index (χ2n) is 19.1. The van der Waals surface area contributed by atoms with Crippen molar-refractivity contribution < 1.29 is 74.6 Å². The largest absolute Gasteiger partial charge is 0.460 e. The molecule has 0 spiro atoms. The van der Waals surface area contributed by atoms with Gasteiger partial charge in [-0.2, -0.15) is 74.6 Å². The maximum atomic E-state index is 16.0. The molecule has 18 heteroatoms. The van der Waals surface area contributed by atoms with E-state index in [2.05, 4.69) is 36.4 Å². The monoisotopic (exact) mass is 947 g/mol. The van der Waals surface area contributed by atoms with E-state index >= 15 is 26.3 Å². The number of likely N-dealkylation sites (tertiary alicyclic amines) is 1. The molecule has 0 bridgehead atoms. The number of halogens is 17. The first kappa shape index (κ1) is 40.4. The maximum Gasteiger partial charge on any atom is 0.460 e. The minimum Gasteiger partial charge on any atom is -0.298 e. The van der Waals surface area contributed by atoms with Gasteiger partial charge in [-0.25, -0.2) is 0 Å². The summed E-state index contributed by atoms with van der Waals surface area (Å²) in [4.78, 5) is 1.72. The number of hydrogen-bond acceptors (Lipinski definition) is 1. The summed E-state index contributed by atoms with van der Waals surface area (Å²) < 4.78 is 244. The van der Waals surface area contributed by atoms with E-state index in [-0.39, 0.29) is 24.2 Å². The Morgan fingerprint density at radius 1 is 0.418 bits per heavy atom. The van der Waals surface area contributed by atoms with E-state index in [9.17, 15) is 48.3 Å². The molecule has 1 aliphatic heterocycles. The van der Waals surface area contributed by atoms with Crippen LogP contribution in [0.2, 0.25) is 0 Å². The van der Waals surface area contributed by atoms with Gasteiger partial charge in [0, 0.05) is 30.0 Å². The summed E-state index contributed by atoms with van der Waals surface area (Å²) in [6, 6.07) is 14.1. The highest BCUT2D eigenvalue weighted by atomic mass is 19.4. The van der Waals surface area contributed by atoms with E-state index in [0.717, 1.165) is 87.1 Å². The highest BCUT2D eigenvalue weighted by molar-refractivity contribution is 6.58. The van der Waals surface area contributed by atoms with E-state index in [1.165, 1.54) is 38.6 Å². The lowest BCUT2D eigenvalue weighted by atomic mass is 9.71. The molecule has 0 radical (unpaired) electrons. The van der Waals surface area contributed by atoms with E-state index < -0.39 is 71.1 Å². The van der Waals surface area contributed by atoms with Crippen LogP contribution in [0.4, 0.5) is 74.6 Å². The van der Waals surface area contributed by atoms with Gasteiger partial charge in [0.05, 0.1) is 0 Å². The van der Waals surface area contributed by atoms with Crippen LogP contribution in [0.1, 0.15) is 62.4 Å². The topological polar surface area (TPSA) is 3.24 Å². The Kier molecular flexibility index (Phi) is 6.60. The quantitative estimate of drug-likeness (QED) is 0.108. The first-order valence-electron chi connectivity index (χ1n) is 20.9. The van der Waals surface area contributed by atoms with Crippen molar-refractivity contribution in [2.45, 2.75) is 78.4 Å². The fourth-order valence-electron chi connectivity index (χ4n) is 13.4. The second-order valence-corrected chi connectivity index (χ2v) is 19.1. The van der Waals surface area contributed by atoms with Gasteiger partial charge in [0.2, 0.25) is 0 Å². The lowest BCUT2D eigenvalue weighted by molar-refractivity contribution is -0.462. The molecule has 10 aromatic carbocycles. The van der Waals surface area contributed by atoms with Gasteiger partial charge in [-0.1, -0.05) is 54.6 Å². The van der Waals surface area contributed by atoms with Crippen LogP contribution in [-0.2, 0) is 18.8 Å². The van der Waals surface area contributed by atoms with Gasteiger partial charge in [-0.05, 0) is 151 Å². The van der Waals surface area contributed by atoms with Crippen molar-refractivity contribution in [3.8, 4) is 0 Å². The molecule has 3 atom stereocenters. The molecule has 10 aromatic rings. The Morgan fingerprint density at radius 2 is 0.836 bits per heavy atom. The highest BCUT2D eigenvalue weighted by Crippen LogP contribution is 2.69. The third-order valence-corrected chi connectivity index (χ3v) is 16.0. The van der Waals surface area contributed by atoms with Gasteiger partial charge in [0.15, 0.2) is 0 Å². The SMILES string of the molecule is CN1CC2c3cc4c5c6c(cc7ccc8cc9c%10c%11c(cc(c%12c3c5c(c%12%11)c3c6c7c8c%103)C2C1c1cccc(C(F)(F)C(F)(F)C(F)(F)C(F)(F)C(F)(F)C(F)(F)C(F)(F)C(F)(F)F)c1)C9)C4. The molecule has 0 amide bonds. The molecule has 1 heterocycles. The van der Waals surface area contributed by atoms with Crippen LogP contribution >= 0.6 is 0 Å². The Labute approximate surface area is 362 Å². The lowest BCUT2D eigenvalue weighted by Gasteiger charge is -2.43. The summed E-state index contributed by atoms with van der Waals surface area (Å²) in [5, 5.41) is 17.9. The number of benzene rings is 8. The minimum atomic E-state index is -8.69. The highest BCUT2D eigenvalue weighted by Gasteiger charge is 2.95. The van der Waals surface area contributed by atoms with Crippen molar-refractivity contribution >= 4 is 86.2 Å². The molecule has 0 aromatic heterocycles. The standard InChI is InChI=1S/C49H22F17N/c1-67-14-25-23-12-20-9-18-7-15-5-6-16-8-19-10-21-13-24(34-33(23)37-30(20)28(18)35-26(15)27(16)36-29(19)31(21)38(34)40(37)39(35)36)32(25)41(67)17-3-2-4-22(11-17)42(50,51)43(52,53)44(54,55)45(56,57)46(58,59)47(60,61)48(62,63)49(64,65)66/h2-8,11-13,25,32,41H,9-10,14H2,1H3. The second kappa shape index (κ2) is 10.9. The van der Waals surface area contributed by atoms with Crippen LogP contribution in [-0.4, -0.2) is 60.2 Å². The zero-order valence-corrected chi connectivity index (χ0v) is 33.5. The van der Waals surface area contributed by atoms with Crippen LogP contribution in [0.15, 0.2) is 60.7 Å². The molecular formula is C49H22F17N. The van der Waals surface area contributed by atoms with Crippen molar-refractivity contribution in [2.75, 3.05) is 13.6 Å². The van der Waals surface area contributed by atoms with Crippen molar-refractivity contribution in [3.05, 3.63) is 105 Å². The summed E-state index contributed by atoms with van der Waals surface area (Å²) in [5.74, 6) is -58.1. The van der Waals surface area contributed by atoms with E-state index in [1.54, 1.807) is 11.9 Å². The van der Waals surface area contributed by atoms with Crippen LogP contribution in [0.25, 0.3) is 86.2 Å². The number of alkyl halides is 17. The summed E-state index contributed by atoms with van der Waals surface area (Å²) in [6.45, 7) is 0.235. The molecule has 14 rings (SSSR count). The number of rotatable bonds is 8. The van der Waals surface area contributed by atoms with Gasteiger partial charge in [-0.3, -0.25) is 4.90 Å². The molecule has 342 valence electrons. The Bertz CT molecular complexity index is 3830. The molecule has 0 N–H and O–H groups in total. The molecule has 0 saturated carbocycles. The predicted molar refractivity (Wildman–Crippen MR) is 215 cm³/mol. The van der Waals surface area contributed by atoms with Crippen LogP contribution < -0.4 is 0 Å². The first-order chi connectivity index (χ1) is 31.1. The van der Waals surface area contributed by atoms with Gasteiger partial charge >= 0.3 is 47.6 Å².